The summed E-state index contributed by atoms with van der Waals surface area (Å²) < 4.78 is -0.680. The molecule has 0 aromatic rings. The van der Waals surface area contributed by atoms with Crippen LogP contribution < -0.4 is 0 Å². The molecule has 0 aromatic carbocycles. The van der Waals surface area contributed by atoms with E-state index in [2.05, 4.69) is 10.2 Å². The maximum absolute atomic E-state index is 5.89. The monoisotopic (exact) mass is 193 g/mol. The van der Waals surface area contributed by atoms with Crippen molar-refractivity contribution in [2.24, 2.45) is 5.92 Å². The zero-order valence-corrected chi connectivity index (χ0v) is 8.38. The van der Waals surface area contributed by atoms with Crippen LogP contribution in [0.4, 0.5) is 0 Å². The van der Waals surface area contributed by atoms with Crippen molar-refractivity contribution in [1.29, 1.82) is 0 Å². The van der Waals surface area contributed by atoms with Gasteiger partial charge in [0.15, 0.2) is 0 Å². The number of halogens is 2. The molecule has 10 heavy (non-hydrogen) atoms. The highest BCUT2D eigenvalue weighted by Gasteiger charge is 2.30. The SMILES string of the molecule is [Si]C(Cl)(Cl)C1CCCCC1. The summed E-state index contributed by atoms with van der Waals surface area (Å²) in [7, 11) is 3.32. The molecular weight excluding hydrogens is 183 g/mol. The Morgan fingerprint density at radius 3 is 1.90 bits per heavy atom. The van der Waals surface area contributed by atoms with Crippen molar-refractivity contribution < 1.29 is 0 Å². The molecule has 0 heterocycles. The average Bonchev–Trinajstić information content (AvgIpc) is 1.88. The largest absolute Gasteiger partial charge is 0.106 e. The van der Waals surface area contributed by atoms with E-state index in [1.54, 1.807) is 0 Å². The lowest BCUT2D eigenvalue weighted by Gasteiger charge is -2.29. The molecule has 0 N–H and O–H groups in total. The van der Waals surface area contributed by atoms with E-state index in [1.165, 1.54) is 19.3 Å². The van der Waals surface area contributed by atoms with Crippen LogP contribution in [0.1, 0.15) is 32.1 Å². The molecule has 0 amide bonds. The molecular formula is C7H11Cl2Si. The minimum Gasteiger partial charge on any atom is -0.106 e. The Balaban J connectivity index is 2.39. The third-order valence-electron chi connectivity index (χ3n) is 2.12. The Kier molecular flexibility index (Phi) is 3.08. The molecule has 0 atom stereocenters. The van der Waals surface area contributed by atoms with Crippen molar-refractivity contribution in [2.75, 3.05) is 0 Å². The van der Waals surface area contributed by atoms with Gasteiger partial charge in [-0.2, -0.15) is 0 Å². The predicted octanol–water partition coefficient (Wildman–Crippen LogP) is 2.87. The van der Waals surface area contributed by atoms with E-state index in [1.807, 2.05) is 0 Å². The highest BCUT2D eigenvalue weighted by Crippen LogP contribution is 2.37. The summed E-state index contributed by atoms with van der Waals surface area (Å²) in [4.78, 5) is 0. The fourth-order valence-electron chi connectivity index (χ4n) is 1.47. The molecule has 1 fully saturated rings. The summed E-state index contributed by atoms with van der Waals surface area (Å²) in [5, 5.41) is 0. The van der Waals surface area contributed by atoms with Gasteiger partial charge in [-0.1, -0.05) is 19.3 Å². The number of hydrogen-bond donors (Lipinski definition) is 0. The fourth-order valence-corrected chi connectivity index (χ4v) is 2.19. The molecule has 1 rings (SSSR count). The van der Waals surface area contributed by atoms with E-state index in [0.29, 0.717) is 5.92 Å². The van der Waals surface area contributed by atoms with Gasteiger partial charge < -0.3 is 0 Å². The lowest BCUT2D eigenvalue weighted by molar-refractivity contribution is 0.362. The Morgan fingerprint density at radius 2 is 1.60 bits per heavy atom. The molecule has 0 nitrogen and oxygen atoms in total. The third-order valence-corrected chi connectivity index (χ3v) is 3.14. The first-order valence-electron chi connectivity index (χ1n) is 3.73. The van der Waals surface area contributed by atoms with E-state index in [9.17, 15) is 0 Å². The Morgan fingerprint density at radius 1 is 1.10 bits per heavy atom. The topological polar surface area (TPSA) is 0 Å². The van der Waals surface area contributed by atoms with Crippen LogP contribution in [0.2, 0.25) is 0 Å². The third kappa shape index (κ3) is 2.44. The highest BCUT2D eigenvalue weighted by atomic mass is 35.5. The van der Waals surface area contributed by atoms with E-state index >= 15 is 0 Å². The number of alkyl halides is 2. The first kappa shape index (κ1) is 8.89. The van der Waals surface area contributed by atoms with Gasteiger partial charge in [0.1, 0.15) is 3.96 Å². The summed E-state index contributed by atoms with van der Waals surface area (Å²) >= 11 is 11.8. The number of hydrogen-bond acceptors (Lipinski definition) is 0. The first-order valence-corrected chi connectivity index (χ1v) is 4.99. The molecule has 0 aliphatic heterocycles. The van der Waals surface area contributed by atoms with Crippen LogP contribution in [-0.2, 0) is 0 Å². The second-order valence-electron chi connectivity index (χ2n) is 2.96. The van der Waals surface area contributed by atoms with Crippen LogP contribution in [0.25, 0.3) is 0 Å². The fraction of sp³-hybridized carbons (Fsp3) is 1.00. The molecule has 3 radical (unpaired) electrons. The van der Waals surface area contributed by atoms with E-state index in [-0.39, 0.29) is 0 Å². The quantitative estimate of drug-likeness (QED) is 0.444. The van der Waals surface area contributed by atoms with Crippen LogP contribution in [0.3, 0.4) is 0 Å². The zero-order chi connectivity index (χ0) is 7.61. The lowest BCUT2D eigenvalue weighted by Crippen LogP contribution is -2.27. The maximum Gasteiger partial charge on any atom is 0.102 e. The van der Waals surface area contributed by atoms with Crippen molar-refractivity contribution in [3.05, 3.63) is 0 Å². The van der Waals surface area contributed by atoms with Crippen molar-refractivity contribution >= 4 is 33.4 Å². The van der Waals surface area contributed by atoms with Gasteiger partial charge in [-0.3, -0.25) is 0 Å². The molecule has 0 aromatic heterocycles. The average molecular weight is 194 g/mol. The van der Waals surface area contributed by atoms with Gasteiger partial charge >= 0.3 is 0 Å². The van der Waals surface area contributed by atoms with Crippen molar-refractivity contribution in [3.8, 4) is 0 Å². The van der Waals surface area contributed by atoms with E-state index < -0.39 is 3.96 Å². The summed E-state index contributed by atoms with van der Waals surface area (Å²) in [6.07, 6.45) is 6.21. The minimum atomic E-state index is -0.680. The van der Waals surface area contributed by atoms with Crippen LogP contribution in [0.15, 0.2) is 0 Å². The second-order valence-corrected chi connectivity index (χ2v) is 5.77. The molecule has 0 unspecified atom stereocenters. The van der Waals surface area contributed by atoms with Gasteiger partial charge in [0.05, 0.1) is 10.2 Å². The van der Waals surface area contributed by atoms with Crippen LogP contribution in [0.5, 0.6) is 0 Å². The minimum absolute atomic E-state index is 0.446. The van der Waals surface area contributed by atoms with Gasteiger partial charge in [-0.25, -0.2) is 0 Å². The second kappa shape index (κ2) is 3.46. The van der Waals surface area contributed by atoms with Crippen molar-refractivity contribution in [1.82, 2.24) is 0 Å². The molecule has 0 spiro atoms. The van der Waals surface area contributed by atoms with E-state index in [0.717, 1.165) is 12.8 Å². The zero-order valence-electron chi connectivity index (χ0n) is 5.87. The summed E-state index contributed by atoms with van der Waals surface area (Å²) in [5.74, 6) is 0.446. The van der Waals surface area contributed by atoms with Crippen molar-refractivity contribution in [3.63, 3.8) is 0 Å². The van der Waals surface area contributed by atoms with Crippen LogP contribution >= 0.6 is 23.2 Å². The Labute approximate surface area is 75.7 Å². The molecule has 3 heteroatoms. The van der Waals surface area contributed by atoms with E-state index in [4.69, 9.17) is 23.2 Å². The molecule has 1 saturated carbocycles. The smallest absolute Gasteiger partial charge is 0.102 e. The van der Waals surface area contributed by atoms with Crippen LogP contribution in [0, 0.1) is 5.92 Å². The van der Waals surface area contributed by atoms with Gasteiger partial charge in [0.25, 0.3) is 0 Å². The normalized spacial score (nSPS) is 23.1. The summed E-state index contributed by atoms with van der Waals surface area (Å²) in [6, 6.07) is 0. The Bertz CT molecular complexity index is 103. The Hall–Kier alpha value is 0.797. The molecule has 1 aliphatic carbocycles. The molecule has 57 valence electrons. The van der Waals surface area contributed by atoms with Gasteiger partial charge in [-0.05, 0) is 18.8 Å². The van der Waals surface area contributed by atoms with Crippen molar-refractivity contribution in [2.45, 2.75) is 36.1 Å². The first-order chi connectivity index (χ1) is 4.61. The van der Waals surface area contributed by atoms with Gasteiger partial charge in [0.2, 0.25) is 0 Å². The molecule has 1 aliphatic rings. The van der Waals surface area contributed by atoms with Crippen LogP contribution in [-0.4, -0.2) is 14.2 Å². The highest BCUT2D eigenvalue weighted by molar-refractivity contribution is 6.65. The summed E-state index contributed by atoms with van der Waals surface area (Å²) in [5.41, 5.74) is 0. The standard InChI is InChI=1S/C7H11Cl2Si/c8-7(9,10)6-4-2-1-3-5-6/h6H,1-5H2. The van der Waals surface area contributed by atoms with Gasteiger partial charge in [-0.15, -0.1) is 23.2 Å². The van der Waals surface area contributed by atoms with Gasteiger partial charge in [0, 0.05) is 0 Å². The summed E-state index contributed by atoms with van der Waals surface area (Å²) in [6.45, 7) is 0. The number of rotatable bonds is 1. The lowest BCUT2D eigenvalue weighted by atomic mass is 9.90. The molecule has 0 saturated heterocycles. The predicted molar refractivity (Wildman–Crippen MR) is 46.8 cm³/mol. The molecule has 0 bridgehead atoms. The maximum atomic E-state index is 5.89.